The highest BCUT2D eigenvalue weighted by molar-refractivity contribution is 5.79. The Hall–Kier alpha value is -2.67. The van der Waals surface area contributed by atoms with E-state index in [2.05, 4.69) is 44.6 Å². The number of benzene rings is 1. The average molecular weight is 383 g/mol. The number of nitrogens with one attached hydrogen (secondary N) is 2. The lowest BCUT2D eigenvalue weighted by atomic mass is 9.97. The second-order valence-electron chi connectivity index (χ2n) is 7.01. The highest BCUT2D eigenvalue weighted by atomic mass is 16.5. The molecule has 7 heteroatoms. The maximum Gasteiger partial charge on any atom is 0.227 e. The molecule has 2 heterocycles. The molecular formula is C21H29N5O2. The van der Waals surface area contributed by atoms with Crippen LogP contribution in [0.2, 0.25) is 0 Å². The lowest BCUT2D eigenvalue weighted by Gasteiger charge is -2.32. The summed E-state index contributed by atoms with van der Waals surface area (Å²) in [6.45, 7) is 7.27. The number of carbonyl (C=O) groups is 1. The molecule has 1 amide bonds. The van der Waals surface area contributed by atoms with Crippen LogP contribution in [0.25, 0.3) is 0 Å². The van der Waals surface area contributed by atoms with Crippen LogP contribution in [0.5, 0.6) is 0 Å². The van der Waals surface area contributed by atoms with Crippen molar-refractivity contribution in [3.63, 3.8) is 0 Å². The number of piperidine rings is 1. The van der Waals surface area contributed by atoms with Crippen molar-refractivity contribution in [2.45, 2.75) is 26.7 Å². The van der Waals surface area contributed by atoms with E-state index in [1.165, 1.54) is 5.56 Å². The first kappa shape index (κ1) is 20.1. The second kappa shape index (κ2) is 10.0. The summed E-state index contributed by atoms with van der Waals surface area (Å²) in [4.78, 5) is 23.6. The zero-order valence-electron chi connectivity index (χ0n) is 16.6. The molecule has 0 saturated carbocycles. The van der Waals surface area contributed by atoms with Crippen molar-refractivity contribution in [3.05, 3.63) is 42.1 Å². The summed E-state index contributed by atoms with van der Waals surface area (Å²) in [6, 6.07) is 10.0. The van der Waals surface area contributed by atoms with Gasteiger partial charge < -0.3 is 20.3 Å². The number of hydrogen-bond donors (Lipinski definition) is 2. The zero-order valence-corrected chi connectivity index (χ0v) is 16.6. The molecule has 7 nitrogen and oxygen atoms in total. The fourth-order valence-electron chi connectivity index (χ4n) is 3.26. The summed E-state index contributed by atoms with van der Waals surface area (Å²) in [5.74, 6) is 1.44. The van der Waals surface area contributed by atoms with Crippen molar-refractivity contribution in [2.24, 2.45) is 5.92 Å². The van der Waals surface area contributed by atoms with Gasteiger partial charge in [-0.1, -0.05) is 17.7 Å². The number of carbonyl (C=O) groups excluding carboxylic acids is 1. The first-order chi connectivity index (χ1) is 13.7. The molecule has 28 heavy (non-hydrogen) atoms. The molecule has 1 fully saturated rings. The molecule has 0 aliphatic carbocycles. The number of hydrogen-bond acceptors (Lipinski definition) is 6. The summed E-state index contributed by atoms with van der Waals surface area (Å²) in [7, 11) is 0. The predicted molar refractivity (Wildman–Crippen MR) is 111 cm³/mol. The minimum absolute atomic E-state index is 0.0484. The monoisotopic (exact) mass is 383 g/mol. The minimum Gasteiger partial charge on any atom is -0.380 e. The molecule has 150 valence electrons. The molecule has 1 aliphatic rings. The average Bonchev–Trinajstić information content (AvgIpc) is 2.73. The maximum absolute atomic E-state index is 12.4. The van der Waals surface area contributed by atoms with Crippen molar-refractivity contribution in [2.75, 3.05) is 43.1 Å². The van der Waals surface area contributed by atoms with Crippen molar-refractivity contribution < 1.29 is 9.53 Å². The third-order valence-electron chi connectivity index (χ3n) is 4.79. The summed E-state index contributed by atoms with van der Waals surface area (Å²) in [5, 5.41) is 6.28. The van der Waals surface area contributed by atoms with Crippen LogP contribution in [0.3, 0.4) is 0 Å². The van der Waals surface area contributed by atoms with E-state index in [0.29, 0.717) is 32.3 Å². The van der Waals surface area contributed by atoms with Gasteiger partial charge in [-0.15, -0.1) is 0 Å². The quantitative estimate of drug-likeness (QED) is 0.683. The number of amides is 1. The van der Waals surface area contributed by atoms with Crippen molar-refractivity contribution in [3.8, 4) is 0 Å². The molecule has 0 spiro atoms. The fraction of sp³-hybridized carbons (Fsp3) is 0.476. The third-order valence-corrected chi connectivity index (χ3v) is 4.79. The molecule has 1 aromatic carbocycles. The van der Waals surface area contributed by atoms with Gasteiger partial charge in [0.2, 0.25) is 11.9 Å². The molecule has 0 bridgehead atoms. The van der Waals surface area contributed by atoms with E-state index < -0.39 is 0 Å². The van der Waals surface area contributed by atoms with E-state index in [0.717, 1.165) is 30.9 Å². The first-order valence-electron chi connectivity index (χ1n) is 9.93. The summed E-state index contributed by atoms with van der Waals surface area (Å²) < 4.78 is 5.28. The Morgan fingerprint density at radius 1 is 1.29 bits per heavy atom. The van der Waals surface area contributed by atoms with E-state index in [4.69, 9.17) is 4.74 Å². The minimum atomic E-state index is -0.0484. The van der Waals surface area contributed by atoms with Crippen molar-refractivity contribution in [1.82, 2.24) is 15.3 Å². The Labute approximate surface area is 166 Å². The number of anilines is 3. The summed E-state index contributed by atoms with van der Waals surface area (Å²) in [5.41, 5.74) is 2.20. The number of ether oxygens (including phenoxy) is 1. The van der Waals surface area contributed by atoms with E-state index in [1.54, 1.807) is 6.20 Å². The Morgan fingerprint density at radius 2 is 2.11 bits per heavy atom. The molecule has 1 aromatic heterocycles. The van der Waals surface area contributed by atoms with Gasteiger partial charge in [0.15, 0.2) is 0 Å². The van der Waals surface area contributed by atoms with Gasteiger partial charge in [-0.25, -0.2) is 4.98 Å². The van der Waals surface area contributed by atoms with Gasteiger partial charge in [0.1, 0.15) is 5.82 Å². The highest BCUT2D eigenvalue weighted by Gasteiger charge is 2.27. The van der Waals surface area contributed by atoms with Crippen molar-refractivity contribution >= 4 is 23.4 Å². The lowest BCUT2D eigenvalue weighted by Crippen LogP contribution is -2.44. The van der Waals surface area contributed by atoms with Crippen LogP contribution < -0.4 is 15.5 Å². The van der Waals surface area contributed by atoms with E-state index in [-0.39, 0.29) is 11.8 Å². The lowest BCUT2D eigenvalue weighted by molar-refractivity contribution is -0.125. The van der Waals surface area contributed by atoms with Crippen LogP contribution in [0.1, 0.15) is 25.3 Å². The number of aryl methyl sites for hydroxylation is 1. The van der Waals surface area contributed by atoms with Gasteiger partial charge >= 0.3 is 0 Å². The molecule has 1 unspecified atom stereocenters. The molecule has 1 saturated heterocycles. The molecule has 2 aromatic rings. The largest absolute Gasteiger partial charge is 0.380 e. The zero-order chi connectivity index (χ0) is 19.8. The third kappa shape index (κ3) is 5.66. The predicted octanol–water partition coefficient (Wildman–Crippen LogP) is 2.90. The standard InChI is InChI=1S/C21H29N5O2/c1-3-28-14-12-22-20(27)17-5-4-13-26(15-17)21-23-11-10-19(25-21)24-18-8-6-16(2)7-9-18/h6-11,17H,3-5,12-15H2,1-2H3,(H,22,27)(H,23,24,25). The Morgan fingerprint density at radius 3 is 2.89 bits per heavy atom. The van der Waals surface area contributed by atoms with Crippen LogP contribution in [0.4, 0.5) is 17.5 Å². The highest BCUT2D eigenvalue weighted by Crippen LogP contribution is 2.22. The SMILES string of the molecule is CCOCCNC(=O)C1CCCN(c2nccc(Nc3ccc(C)cc3)n2)C1. The number of rotatable bonds is 8. The topological polar surface area (TPSA) is 79.4 Å². The van der Waals surface area contributed by atoms with E-state index >= 15 is 0 Å². The van der Waals surface area contributed by atoms with Gasteiger partial charge in [0, 0.05) is 38.1 Å². The van der Waals surface area contributed by atoms with Crippen LogP contribution in [0, 0.1) is 12.8 Å². The smallest absolute Gasteiger partial charge is 0.227 e. The molecule has 3 rings (SSSR count). The Bertz CT molecular complexity index is 766. The van der Waals surface area contributed by atoms with Crippen LogP contribution in [-0.2, 0) is 9.53 Å². The number of nitrogens with zero attached hydrogens (tertiary/aromatic N) is 3. The van der Waals surface area contributed by atoms with E-state index in [9.17, 15) is 4.79 Å². The normalized spacial score (nSPS) is 16.6. The number of aromatic nitrogens is 2. The first-order valence-corrected chi connectivity index (χ1v) is 9.93. The van der Waals surface area contributed by atoms with Gasteiger partial charge in [-0.05, 0) is 44.9 Å². The van der Waals surface area contributed by atoms with Gasteiger partial charge in [0.25, 0.3) is 0 Å². The van der Waals surface area contributed by atoms with Crippen LogP contribution >= 0.6 is 0 Å². The molecule has 1 aliphatic heterocycles. The summed E-state index contributed by atoms with van der Waals surface area (Å²) >= 11 is 0. The fourth-order valence-corrected chi connectivity index (χ4v) is 3.26. The van der Waals surface area contributed by atoms with E-state index in [1.807, 2.05) is 25.1 Å². The van der Waals surface area contributed by atoms with Gasteiger partial charge in [-0.3, -0.25) is 4.79 Å². The Balaban J connectivity index is 1.59. The van der Waals surface area contributed by atoms with Crippen LogP contribution in [0.15, 0.2) is 36.5 Å². The maximum atomic E-state index is 12.4. The van der Waals surface area contributed by atoms with Crippen LogP contribution in [-0.4, -0.2) is 48.7 Å². The second-order valence-corrected chi connectivity index (χ2v) is 7.01. The van der Waals surface area contributed by atoms with Gasteiger partial charge in [-0.2, -0.15) is 4.98 Å². The summed E-state index contributed by atoms with van der Waals surface area (Å²) in [6.07, 6.45) is 3.59. The Kier molecular flexibility index (Phi) is 7.19. The molecule has 0 radical (unpaired) electrons. The van der Waals surface area contributed by atoms with Crippen molar-refractivity contribution in [1.29, 1.82) is 0 Å². The molecular weight excluding hydrogens is 354 g/mol. The molecule has 1 atom stereocenters. The molecule has 2 N–H and O–H groups in total. The van der Waals surface area contributed by atoms with Gasteiger partial charge in [0.05, 0.1) is 12.5 Å².